The van der Waals surface area contributed by atoms with E-state index in [1.165, 1.54) is 19.1 Å². The summed E-state index contributed by atoms with van der Waals surface area (Å²) in [6, 6.07) is 3.20. The summed E-state index contributed by atoms with van der Waals surface area (Å²) in [6.45, 7) is 15.6. The highest BCUT2D eigenvalue weighted by Gasteiger charge is 2.53. The van der Waals surface area contributed by atoms with Crippen LogP contribution in [0.15, 0.2) is 23.2 Å². The second kappa shape index (κ2) is 11.8. The molecule has 0 unspecified atom stereocenters. The summed E-state index contributed by atoms with van der Waals surface area (Å²) in [5, 5.41) is 0. The molecule has 2 aliphatic rings. The maximum Gasteiger partial charge on any atom is 0.494 e. The van der Waals surface area contributed by atoms with Crippen LogP contribution in [-0.2, 0) is 33.8 Å². The van der Waals surface area contributed by atoms with Gasteiger partial charge in [0.05, 0.1) is 11.2 Å². The third-order valence-electron chi connectivity index (χ3n) is 7.17. The molecule has 0 saturated carbocycles. The van der Waals surface area contributed by atoms with Crippen LogP contribution in [0.4, 0.5) is 27.2 Å². The van der Waals surface area contributed by atoms with Gasteiger partial charge in [-0.05, 0) is 87.7 Å². The first-order valence-corrected chi connectivity index (χ1v) is 14.1. The molecule has 1 aromatic rings. The van der Waals surface area contributed by atoms with Crippen LogP contribution >= 0.6 is 0 Å². The molecular formula is C29H41BF4N2O8. The molecule has 0 spiro atoms. The Bertz CT molecular complexity index is 1250. The van der Waals surface area contributed by atoms with Crippen molar-refractivity contribution in [3.05, 3.63) is 29.6 Å². The average Bonchev–Trinajstić information content (AvgIpc) is 3.02. The molecule has 2 amide bonds. The van der Waals surface area contributed by atoms with Crippen LogP contribution in [0.2, 0.25) is 0 Å². The summed E-state index contributed by atoms with van der Waals surface area (Å²) in [6.07, 6.45) is -8.70. The maximum absolute atomic E-state index is 15.7. The number of nitrogens with zero attached hydrogens (tertiary/aromatic N) is 2. The molecule has 1 aromatic carbocycles. The summed E-state index contributed by atoms with van der Waals surface area (Å²) in [5.41, 5.74) is -5.44. The van der Waals surface area contributed by atoms with Crippen LogP contribution in [0, 0.1) is 5.82 Å². The predicted molar refractivity (Wildman–Crippen MR) is 153 cm³/mol. The van der Waals surface area contributed by atoms with Gasteiger partial charge in [-0.1, -0.05) is 12.1 Å². The number of carbonyl (C=O) groups excluding carboxylic acids is 2. The van der Waals surface area contributed by atoms with Gasteiger partial charge < -0.3 is 28.3 Å². The van der Waals surface area contributed by atoms with E-state index in [-0.39, 0.29) is 5.56 Å². The summed E-state index contributed by atoms with van der Waals surface area (Å²) in [4.78, 5) is 31.2. The Morgan fingerprint density at radius 2 is 1.45 bits per heavy atom. The smallest absolute Gasteiger partial charge is 0.462 e. The summed E-state index contributed by atoms with van der Waals surface area (Å²) >= 11 is 0. The quantitative estimate of drug-likeness (QED) is 0.301. The molecular weight excluding hydrogens is 591 g/mol. The van der Waals surface area contributed by atoms with Gasteiger partial charge in [0.25, 0.3) is 0 Å². The fourth-order valence-electron chi connectivity index (χ4n) is 4.27. The first-order chi connectivity index (χ1) is 19.7. The number of ether oxygens (including phenoxy) is 4. The molecule has 0 aliphatic carbocycles. The van der Waals surface area contributed by atoms with Crippen molar-refractivity contribution in [2.24, 2.45) is 4.99 Å². The largest absolute Gasteiger partial charge is 0.494 e. The molecule has 2 atom stereocenters. The van der Waals surface area contributed by atoms with Gasteiger partial charge in [-0.15, -0.1) is 4.90 Å². The van der Waals surface area contributed by atoms with Gasteiger partial charge in [0.2, 0.25) is 0 Å². The van der Waals surface area contributed by atoms with Crippen LogP contribution < -0.4 is 5.46 Å². The highest BCUT2D eigenvalue weighted by molar-refractivity contribution is 6.62. The summed E-state index contributed by atoms with van der Waals surface area (Å²) in [7, 11) is -0.944. The van der Waals surface area contributed by atoms with Crippen LogP contribution in [-0.4, -0.2) is 78.1 Å². The number of aliphatic imine (C=N–C) groups is 1. The van der Waals surface area contributed by atoms with Crippen molar-refractivity contribution < 1.29 is 55.4 Å². The fourth-order valence-corrected chi connectivity index (χ4v) is 4.27. The summed E-state index contributed by atoms with van der Waals surface area (Å²) < 4.78 is 89.0. The van der Waals surface area contributed by atoms with E-state index in [1.54, 1.807) is 41.5 Å². The van der Waals surface area contributed by atoms with Crippen molar-refractivity contribution in [2.75, 3.05) is 13.2 Å². The minimum atomic E-state index is -4.73. The number of hydrogen-bond donors (Lipinski definition) is 0. The molecule has 3 rings (SSSR count). The molecule has 0 radical (unpaired) electrons. The Balaban J connectivity index is 2.18. The van der Waals surface area contributed by atoms with E-state index in [1.807, 2.05) is 27.7 Å². The van der Waals surface area contributed by atoms with Crippen LogP contribution in [0.25, 0.3) is 0 Å². The van der Waals surface area contributed by atoms with Crippen LogP contribution in [0.3, 0.4) is 0 Å². The Morgan fingerprint density at radius 1 is 0.955 bits per heavy atom. The minimum Gasteiger partial charge on any atom is -0.462 e. The molecule has 0 bridgehead atoms. The first-order valence-electron chi connectivity index (χ1n) is 14.1. The number of hydrogen-bond acceptors (Lipinski definition) is 9. The lowest BCUT2D eigenvalue weighted by molar-refractivity contribution is -0.197. The second-order valence-corrected chi connectivity index (χ2v) is 13.9. The molecule has 10 nitrogen and oxygen atoms in total. The minimum absolute atomic E-state index is 0.217. The van der Waals surface area contributed by atoms with Crippen molar-refractivity contribution in [2.45, 2.75) is 116 Å². The molecule has 1 saturated heterocycles. The van der Waals surface area contributed by atoms with E-state index in [0.29, 0.717) is 10.4 Å². The zero-order chi connectivity index (χ0) is 33.7. The number of amides is 2. The van der Waals surface area contributed by atoms with Gasteiger partial charge in [0.15, 0.2) is 0 Å². The van der Waals surface area contributed by atoms with E-state index in [2.05, 4.69) is 4.99 Å². The van der Waals surface area contributed by atoms with Crippen molar-refractivity contribution in [3.63, 3.8) is 0 Å². The molecule has 246 valence electrons. The van der Waals surface area contributed by atoms with Gasteiger partial charge >= 0.3 is 31.5 Å². The standard InChI is InChI=1S/C29H41BF4N2O8/c1-24(2,3)41-22(37)36(23(38)42-25(4,5)6)21-35-28(11,20(15-39-21)40-16-29(32,33)34)18-14-17(12-13-19(18)31)30-43-26(7,8)27(9,10)44-30/h12-14,20H,15-16H2,1-11H3/t20-,28+/m0/s1. The lowest BCUT2D eigenvalue weighted by atomic mass is 9.75. The molecule has 2 heterocycles. The van der Waals surface area contributed by atoms with E-state index < -0.39 is 84.6 Å². The lowest BCUT2D eigenvalue weighted by Crippen LogP contribution is -2.54. The molecule has 15 heteroatoms. The van der Waals surface area contributed by atoms with Crippen molar-refractivity contribution in [3.8, 4) is 0 Å². The van der Waals surface area contributed by atoms with Gasteiger partial charge in [0, 0.05) is 5.56 Å². The highest BCUT2D eigenvalue weighted by Crippen LogP contribution is 2.39. The van der Waals surface area contributed by atoms with E-state index in [9.17, 15) is 22.8 Å². The van der Waals surface area contributed by atoms with E-state index in [4.69, 9.17) is 28.3 Å². The number of rotatable bonds is 4. The molecule has 44 heavy (non-hydrogen) atoms. The van der Waals surface area contributed by atoms with Gasteiger partial charge in [0.1, 0.15) is 41.9 Å². The Kier molecular flexibility index (Phi) is 9.53. The molecule has 0 N–H and O–H groups in total. The van der Waals surface area contributed by atoms with Crippen LogP contribution in [0.5, 0.6) is 0 Å². The highest BCUT2D eigenvalue weighted by atomic mass is 19.4. The molecule has 1 fully saturated rings. The van der Waals surface area contributed by atoms with Gasteiger partial charge in [-0.2, -0.15) is 13.2 Å². The Labute approximate surface area is 255 Å². The van der Waals surface area contributed by atoms with Crippen molar-refractivity contribution >= 4 is 30.8 Å². The number of carbonyl (C=O) groups is 2. The normalized spacial score (nSPS) is 23.5. The number of benzene rings is 1. The number of amidine groups is 1. The van der Waals surface area contributed by atoms with Crippen molar-refractivity contribution in [1.29, 1.82) is 0 Å². The number of alkyl halides is 3. The lowest BCUT2D eigenvalue weighted by Gasteiger charge is -2.40. The topological polar surface area (TPSA) is 105 Å². The Morgan fingerprint density at radius 3 is 1.91 bits per heavy atom. The number of halogens is 4. The molecule has 2 aliphatic heterocycles. The second-order valence-electron chi connectivity index (χ2n) is 13.9. The average molecular weight is 632 g/mol. The van der Waals surface area contributed by atoms with Crippen LogP contribution in [0.1, 0.15) is 81.7 Å². The molecule has 0 aromatic heterocycles. The maximum atomic E-state index is 15.7. The Hall–Kier alpha value is -2.91. The zero-order valence-electron chi connectivity index (χ0n) is 27.0. The SMILES string of the molecule is CC(C)(C)OC(=O)N(C(=O)OC(C)(C)C)C1=N[C@](C)(c2cc(B3OC(C)(C)C(C)(C)O3)ccc2F)[C@@H](OCC(F)(F)F)CO1. The first kappa shape index (κ1) is 35.6. The van der Waals surface area contributed by atoms with E-state index in [0.717, 1.165) is 6.07 Å². The zero-order valence-corrected chi connectivity index (χ0v) is 27.0. The van der Waals surface area contributed by atoms with E-state index >= 15 is 4.39 Å². The van der Waals surface area contributed by atoms with Crippen molar-refractivity contribution in [1.82, 2.24) is 4.90 Å². The monoisotopic (exact) mass is 632 g/mol. The number of imide groups is 1. The summed E-state index contributed by atoms with van der Waals surface area (Å²) in [5.74, 6) is -0.848. The third-order valence-corrected chi connectivity index (χ3v) is 7.17. The fraction of sp³-hybridized carbons (Fsp3) is 0.690. The van der Waals surface area contributed by atoms with Gasteiger partial charge in [-0.3, -0.25) is 0 Å². The van der Waals surface area contributed by atoms with Gasteiger partial charge in [-0.25, -0.2) is 19.0 Å². The third kappa shape index (κ3) is 8.22. The predicted octanol–water partition coefficient (Wildman–Crippen LogP) is 5.85.